The third-order valence-electron chi connectivity index (χ3n) is 3.27. The van der Waals surface area contributed by atoms with Crippen molar-refractivity contribution in [3.8, 4) is 0 Å². The first kappa shape index (κ1) is 26.5. The molecule has 0 aliphatic heterocycles. The van der Waals surface area contributed by atoms with Gasteiger partial charge < -0.3 is 21.7 Å². The molecule has 2 rings (SSSR count). The molecular formula is C18H28N6O4Sn. The van der Waals surface area contributed by atoms with Crippen molar-refractivity contribution in [3.05, 3.63) is 36.2 Å². The molecule has 0 amide bonds. The Bertz CT molecular complexity index is 686. The number of carbonyl (C=O) groups is 2. The minimum Gasteiger partial charge on any atom is -0.476 e. The van der Waals surface area contributed by atoms with Gasteiger partial charge in [0.1, 0.15) is 0 Å². The summed E-state index contributed by atoms with van der Waals surface area (Å²) in [6.45, 7) is 4.58. The van der Waals surface area contributed by atoms with Crippen molar-refractivity contribution >= 4 is 44.7 Å². The maximum absolute atomic E-state index is 10.2. The Balaban J connectivity index is 0.000000407. The van der Waals surface area contributed by atoms with Crippen molar-refractivity contribution in [2.75, 3.05) is 11.5 Å². The van der Waals surface area contributed by atoms with E-state index in [4.69, 9.17) is 21.7 Å². The van der Waals surface area contributed by atoms with Gasteiger partial charge in [0.2, 0.25) is 0 Å². The van der Waals surface area contributed by atoms with Gasteiger partial charge in [-0.1, -0.05) is 0 Å². The number of nitrogens with two attached hydrogens (primary N) is 2. The van der Waals surface area contributed by atoms with Crippen LogP contribution >= 0.6 is 0 Å². The topological polar surface area (TPSA) is 178 Å². The van der Waals surface area contributed by atoms with E-state index in [1.54, 1.807) is 8.87 Å². The molecule has 0 spiro atoms. The van der Waals surface area contributed by atoms with Gasteiger partial charge in [-0.25, -0.2) is 29.5 Å². The Morgan fingerprint density at radius 2 is 1.14 bits per heavy atom. The van der Waals surface area contributed by atoms with Crippen molar-refractivity contribution in [1.29, 1.82) is 0 Å². The fraction of sp³-hybridized carbons (Fsp3) is 0.444. The zero-order valence-electron chi connectivity index (χ0n) is 16.7. The number of rotatable bonds is 8. The van der Waals surface area contributed by atoms with E-state index in [9.17, 15) is 9.59 Å². The van der Waals surface area contributed by atoms with Crippen LogP contribution in [-0.4, -0.2) is 63.2 Å². The maximum atomic E-state index is 10.2. The Hall–Kier alpha value is -2.50. The molecule has 0 saturated heterocycles. The van der Waals surface area contributed by atoms with E-state index >= 15 is 0 Å². The predicted molar refractivity (Wildman–Crippen MR) is 112 cm³/mol. The first-order chi connectivity index (χ1) is 13.8. The van der Waals surface area contributed by atoms with E-state index in [0.717, 1.165) is 0 Å². The molecule has 0 fully saturated rings. The molecule has 0 bridgehead atoms. The zero-order valence-corrected chi connectivity index (χ0v) is 19.6. The smallest absolute Gasteiger partial charge is 0.358 e. The summed E-state index contributed by atoms with van der Waals surface area (Å²) in [6.07, 6.45) is 11.1. The third kappa shape index (κ3) is 12.5. The molecule has 2 aromatic rings. The second-order valence-electron chi connectivity index (χ2n) is 5.65. The van der Waals surface area contributed by atoms with Gasteiger partial charge >= 0.3 is 81.5 Å². The number of hydrogen-bond acceptors (Lipinski definition) is 8. The average molecular weight is 511 g/mol. The Labute approximate surface area is 180 Å². The molecule has 2 aromatic heterocycles. The number of aromatic carboxylic acids is 2. The van der Waals surface area contributed by atoms with E-state index in [0.29, 0.717) is 0 Å². The van der Waals surface area contributed by atoms with Crippen LogP contribution < -0.4 is 11.5 Å². The fourth-order valence-electron chi connectivity index (χ4n) is 1.76. The molecule has 0 aliphatic rings. The minimum absolute atomic E-state index is 0.0602. The van der Waals surface area contributed by atoms with Crippen molar-refractivity contribution in [2.24, 2.45) is 0 Å². The van der Waals surface area contributed by atoms with E-state index in [1.807, 2.05) is 0 Å². The van der Waals surface area contributed by atoms with Crippen LogP contribution in [0.1, 0.15) is 60.5 Å². The fourth-order valence-corrected chi connectivity index (χ4v) is 5.91. The Morgan fingerprint density at radius 3 is 1.38 bits per heavy atom. The van der Waals surface area contributed by atoms with Crippen molar-refractivity contribution < 1.29 is 19.8 Å². The number of aromatic nitrogens is 4. The quantitative estimate of drug-likeness (QED) is 0.304. The van der Waals surface area contributed by atoms with Gasteiger partial charge in [0, 0.05) is 24.8 Å². The van der Waals surface area contributed by atoms with Crippen LogP contribution in [0.2, 0.25) is 8.87 Å². The van der Waals surface area contributed by atoms with Gasteiger partial charge in [0.25, 0.3) is 0 Å². The third-order valence-corrected chi connectivity index (χ3v) is 7.31. The molecule has 6 N–H and O–H groups in total. The summed E-state index contributed by atoms with van der Waals surface area (Å²) in [5.74, 6) is -2.44. The van der Waals surface area contributed by atoms with Gasteiger partial charge in [-0.3, -0.25) is 0 Å². The molecular weight excluding hydrogens is 483 g/mol. The van der Waals surface area contributed by atoms with E-state index in [-0.39, 0.29) is 44.2 Å². The van der Waals surface area contributed by atoms with Crippen LogP contribution in [0.25, 0.3) is 0 Å². The van der Waals surface area contributed by atoms with Gasteiger partial charge in [-0.2, -0.15) is 0 Å². The first-order valence-electron chi connectivity index (χ1n) is 9.15. The molecule has 158 valence electrons. The van der Waals surface area contributed by atoms with Crippen LogP contribution in [0.15, 0.2) is 24.8 Å². The largest absolute Gasteiger partial charge is 0.476 e. The summed E-state index contributed by atoms with van der Waals surface area (Å²) in [5, 5.41) is 16.8. The first-order valence-corrected chi connectivity index (χ1v) is 13.2. The standard InChI is InChI=1S/2C5H5N3O2.2C4H9.Sn/c2*6-4-3(5(9)10)7-1-2-8-4;2*1-3-4-2;/h2*1-2H,(H2,6,8)(H,9,10);2*1,3-4H2,2H3;. The molecule has 0 aliphatic carbocycles. The van der Waals surface area contributed by atoms with Crippen molar-refractivity contribution in [2.45, 2.75) is 48.4 Å². The molecule has 29 heavy (non-hydrogen) atoms. The molecule has 11 heteroatoms. The number of hydrogen-bond donors (Lipinski definition) is 4. The molecule has 0 unspecified atom stereocenters. The van der Waals surface area contributed by atoms with Crippen LogP contribution in [0, 0.1) is 0 Å². The summed E-state index contributed by atoms with van der Waals surface area (Å²) in [4.78, 5) is 34.5. The molecule has 10 nitrogen and oxygen atoms in total. The number of carboxylic acids is 2. The second-order valence-corrected chi connectivity index (χ2v) is 9.93. The molecule has 2 heterocycles. The molecule has 0 saturated carbocycles. The normalized spacial score (nSPS) is 9.45. The van der Waals surface area contributed by atoms with E-state index in [1.165, 1.54) is 50.5 Å². The summed E-state index contributed by atoms with van der Waals surface area (Å²) in [7, 11) is 0. The Kier molecular flexibility index (Phi) is 15.0. The molecule has 0 atom stereocenters. The van der Waals surface area contributed by atoms with E-state index in [2.05, 4.69) is 33.8 Å². The van der Waals surface area contributed by atoms with Crippen LogP contribution in [0.3, 0.4) is 0 Å². The monoisotopic (exact) mass is 512 g/mol. The van der Waals surface area contributed by atoms with Gasteiger partial charge in [0.05, 0.1) is 0 Å². The van der Waals surface area contributed by atoms with Crippen molar-refractivity contribution in [1.82, 2.24) is 19.9 Å². The maximum Gasteiger partial charge on any atom is 0.358 e. The van der Waals surface area contributed by atoms with E-state index < -0.39 is 11.9 Å². The average Bonchev–Trinajstić information content (AvgIpc) is 2.69. The number of anilines is 2. The number of nitrogen functional groups attached to an aromatic ring is 2. The number of carboxylic acid groups (broad SMARTS) is 2. The predicted octanol–water partition coefficient (Wildman–Crippen LogP) is 2.64. The molecule has 2 radical (unpaired) electrons. The second kappa shape index (κ2) is 16.5. The number of unbranched alkanes of at least 4 members (excludes halogenated alkanes) is 2. The molecule has 0 aromatic carbocycles. The number of nitrogens with zero attached hydrogens (tertiary/aromatic N) is 4. The van der Waals surface area contributed by atoms with Gasteiger partial charge in [0.15, 0.2) is 23.0 Å². The van der Waals surface area contributed by atoms with Crippen LogP contribution in [0.5, 0.6) is 0 Å². The van der Waals surface area contributed by atoms with Crippen LogP contribution in [0.4, 0.5) is 11.6 Å². The van der Waals surface area contributed by atoms with Crippen LogP contribution in [-0.2, 0) is 0 Å². The SMILES string of the molecule is CCC[CH2][Sn][CH2]CCC.Nc1nccnc1C(=O)O.Nc1nccnc1C(=O)O. The zero-order chi connectivity index (χ0) is 22.1. The van der Waals surface area contributed by atoms with Gasteiger partial charge in [-0.15, -0.1) is 0 Å². The summed E-state index contributed by atoms with van der Waals surface area (Å²) in [6, 6.07) is 0. The minimum atomic E-state index is -1.16. The Morgan fingerprint density at radius 1 is 0.793 bits per heavy atom. The summed E-state index contributed by atoms with van der Waals surface area (Å²) in [5.41, 5.74) is 9.92. The summed E-state index contributed by atoms with van der Waals surface area (Å²) < 4.78 is 3.25. The van der Waals surface area contributed by atoms with Gasteiger partial charge in [-0.05, 0) is 0 Å². The summed E-state index contributed by atoms with van der Waals surface area (Å²) >= 11 is 0.149. The van der Waals surface area contributed by atoms with Crippen molar-refractivity contribution in [3.63, 3.8) is 0 Å².